The van der Waals surface area contributed by atoms with Crippen molar-refractivity contribution in [3.8, 4) is 0 Å². The van der Waals surface area contributed by atoms with E-state index in [0.717, 1.165) is 17.9 Å². The first-order valence-corrected chi connectivity index (χ1v) is 7.35. The van der Waals surface area contributed by atoms with Crippen LogP contribution in [0.15, 0.2) is 18.5 Å². The van der Waals surface area contributed by atoms with Gasteiger partial charge in [-0.2, -0.15) is 0 Å². The smallest absolute Gasteiger partial charge is 0.0622 e. The number of aliphatic hydroxyl groups excluding tert-OH is 1. The zero-order valence-electron chi connectivity index (χ0n) is 11.0. The van der Waals surface area contributed by atoms with Gasteiger partial charge in [-0.1, -0.05) is 37.8 Å². The van der Waals surface area contributed by atoms with Gasteiger partial charge in [0.25, 0.3) is 0 Å². The summed E-state index contributed by atoms with van der Waals surface area (Å²) in [6.07, 6.45) is 9.92. The Hall–Kier alpha value is -0.600. The van der Waals surface area contributed by atoms with Crippen LogP contribution in [0.25, 0.3) is 0 Å². The summed E-state index contributed by atoms with van der Waals surface area (Å²) < 4.78 is 0. The Bertz CT molecular complexity index is 383. The van der Waals surface area contributed by atoms with Gasteiger partial charge in [0.15, 0.2) is 0 Å². The van der Waals surface area contributed by atoms with Crippen molar-refractivity contribution < 1.29 is 5.11 Å². The highest BCUT2D eigenvalue weighted by Crippen LogP contribution is 2.34. The normalized spacial score (nSPS) is 25.9. The van der Waals surface area contributed by atoms with Crippen molar-refractivity contribution in [1.82, 2.24) is 4.98 Å². The van der Waals surface area contributed by atoms with Crippen molar-refractivity contribution in [2.24, 2.45) is 11.8 Å². The highest BCUT2D eigenvalue weighted by Gasteiger charge is 2.26. The van der Waals surface area contributed by atoms with Gasteiger partial charge in [0.1, 0.15) is 0 Å². The molecule has 100 valence electrons. The molecule has 1 heterocycles. The second-order valence-corrected chi connectivity index (χ2v) is 5.85. The molecule has 0 aliphatic heterocycles. The molecule has 0 aromatic carbocycles. The first kappa shape index (κ1) is 13.8. The summed E-state index contributed by atoms with van der Waals surface area (Å²) in [7, 11) is 0. The van der Waals surface area contributed by atoms with Crippen LogP contribution in [0.1, 0.15) is 44.6 Å². The van der Waals surface area contributed by atoms with E-state index in [-0.39, 0.29) is 6.10 Å². The molecular formula is C15H22ClNO. The highest BCUT2D eigenvalue weighted by atomic mass is 35.5. The maximum atomic E-state index is 10.4. The third kappa shape index (κ3) is 3.46. The van der Waals surface area contributed by atoms with Gasteiger partial charge in [0, 0.05) is 18.8 Å². The first-order valence-electron chi connectivity index (χ1n) is 6.97. The minimum Gasteiger partial charge on any atom is -0.392 e. The van der Waals surface area contributed by atoms with Gasteiger partial charge in [0.2, 0.25) is 0 Å². The molecule has 18 heavy (non-hydrogen) atoms. The standard InChI is InChI=1S/C15H22ClNO/c1-2-11-4-3-5-13(8-11)15(18)9-12-6-7-17-10-14(12)16/h6-7,10-11,13,15,18H,2-5,8-9H2,1H3. The minimum atomic E-state index is -0.265. The van der Waals surface area contributed by atoms with E-state index in [9.17, 15) is 5.11 Å². The summed E-state index contributed by atoms with van der Waals surface area (Å²) in [5.41, 5.74) is 1.01. The maximum Gasteiger partial charge on any atom is 0.0622 e. The lowest BCUT2D eigenvalue weighted by molar-refractivity contribution is 0.0685. The van der Waals surface area contributed by atoms with Crippen molar-refractivity contribution in [1.29, 1.82) is 0 Å². The predicted molar refractivity (Wildman–Crippen MR) is 74.7 cm³/mol. The quantitative estimate of drug-likeness (QED) is 0.899. The Morgan fingerprint density at radius 1 is 1.50 bits per heavy atom. The lowest BCUT2D eigenvalue weighted by atomic mass is 9.76. The molecule has 3 atom stereocenters. The van der Waals surface area contributed by atoms with Crippen molar-refractivity contribution in [3.05, 3.63) is 29.0 Å². The monoisotopic (exact) mass is 267 g/mol. The number of aliphatic hydroxyl groups is 1. The Labute approximate surface area is 114 Å². The van der Waals surface area contributed by atoms with Gasteiger partial charge >= 0.3 is 0 Å². The molecule has 1 saturated carbocycles. The van der Waals surface area contributed by atoms with Crippen molar-refractivity contribution in [2.45, 2.75) is 51.6 Å². The molecule has 1 fully saturated rings. The SMILES string of the molecule is CCC1CCCC(C(O)Cc2ccncc2Cl)C1. The number of nitrogens with zero attached hydrogens (tertiary/aromatic N) is 1. The summed E-state index contributed by atoms with van der Waals surface area (Å²) in [5, 5.41) is 11.1. The molecule has 1 N–H and O–H groups in total. The van der Waals surface area contributed by atoms with E-state index in [4.69, 9.17) is 11.6 Å². The van der Waals surface area contributed by atoms with Crippen LogP contribution in [0, 0.1) is 11.8 Å². The van der Waals surface area contributed by atoms with Crippen LogP contribution in [-0.4, -0.2) is 16.2 Å². The summed E-state index contributed by atoms with van der Waals surface area (Å²) in [6, 6.07) is 1.91. The number of hydrogen-bond acceptors (Lipinski definition) is 2. The first-order chi connectivity index (χ1) is 8.70. The summed E-state index contributed by atoms with van der Waals surface area (Å²) >= 11 is 6.09. The predicted octanol–water partition coefficient (Wildman–Crippen LogP) is 3.85. The number of rotatable bonds is 4. The second kappa shape index (κ2) is 6.53. The fourth-order valence-corrected chi connectivity index (χ4v) is 3.21. The van der Waals surface area contributed by atoms with E-state index in [2.05, 4.69) is 11.9 Å². The average molecular weight is 268 g/mol. The minimum absolute atomic E-state index is 0.265. The molecular weight excluding hydrogens is 246 g/mol. The lowest BCUT2D eigenvalue weighted by Gasteiger charge is -2.31. The van der Waals surface area contributed by atoms with Gasteiger partial charge in [-0.15, -0.1) is 0 Å². The van der Waals surface area contributed by atoms with Crippen LogP contribution < -0.4 is 0 Å². The molecule has 0 spiro atoms. The average Bonchev–Trinajstić information content (AvgIpc) is 2.41. The fourth-order valence-electron chi connectivity index (χ4n) is 3.01. The Kier molecular flexibility index (Phi) is 5.02. The van der Waals surface area contributed by atoms with Gasteiger partial charge < -0.3 is 5.11 Å². The lowest BCUT2D eigenvalue weighted by Crippen LogP contribution is -2.28. The summed E-state index contributed by atoms with van der Waals surface area (Å²) in [5.74, 6) is 1.24. The fraction of sp³-hybridized carbons (Fsp3) is 0.667. The van der Waals surface area contributed by atoms with E-state index in [0.29, 0.717) is 17.4 Å². The molecule has 0 saturated heterocycles. The Balaban J connectivity index is 1.95. The van der Waals surface area contributed by atoms with Crippen LogP contribution in [0.4, 0.5) is 0 Å². The molecule has 1 aromatic rings. The Morgan fingerprint density at radius 2 is 2.33 bits per heavy atom. The Morgan fingerprint density at radius 3 is 3.06 bits per heavy atom. The van der Waals surface area contributed by atoms with E-state index in [1.54, 1.807) is 12.4 Å². The van der Waals surface area contributed by atoms with Crippen molar-refractivity contribution >= 4 is 11.6 Å². The van der Waals surface area contributed by atoms with Gasteiger partial charge in [0.05, 0.1) is 11.1 Å². The highest BCUT2D eigenvalue weighted by molar-refractivity contribution is 6.31. The molecule has 0 bridgehead atoms. The number of hydrogen-bond donors (Lipinski definition) is 1. The van der Waals surface area contributed by atoms with Crippen LogP contribution in [0.2, 0.25) is 5.02 Å². The van der Waals surface area contributed by atoms with E-state index in [1.165, 1.54) is 25.7 Å². The molecule has 1 aromatic heterocycles. The largest absolute Gasteiger partial charge is 0.392 e. The zero-order chi connectivity index (χ0) is 13.0. The topological polar surface area (TPSA) is 33.1 Å². The number of aromatic nitrogens is 1. The molecule has 1 aliphatic rings. The molecule has 3 unspecified atom stereocenters. The summed E-state index contributed by atoms with van der Waals surface area (Å²) in [4.78, 5) is 3.98. The van der Waals surface area contributed by atoms with Gasteiger partial charge in [-0.25, -0.2) is 0 Å². The number of pyridine rings is 1. The molecule has 1 aliphatic carbocycles. The van der Waals surface area contributed by atoms with Gasteiger partial charge in [-0.05, 0) is 36.3 Å². The third-order valence-electron chi connectivity index (χ3n) is 4.23. The van der Waals surface area contributed by atoms with E-state index < -0.39 is 0 Å². The molecule has 2 rings (SSSR count). The number of halogens is 1. The van der Waals surface area contributed by atoms with E-state index in [1.807, 2.05) is 6.07 Å². The van der Waals surface area contributed by atoms with Gasteiger partial charge in [-0.3, -0.25) is 4.98 Å². The van der Waals surface area contributed by atoms with E-state index >= 15 is 0 Å². The van der Waals surface area contributed by atoms with Crippen LogP contribution >= 0.6 is 11.6 Å². The second-order valence-electron chi connectivity index (χ2n) is 5.44. The molecule has 0 amide bonds. The molecule has 3 heteroatoms. The van der Waals surface area contributed by atoms with Crippen molar-refractivity contribution in [3.63, 3.8) is 0 Å². The van der Waals surface area contributed by atoms with Crippen LogP contribution in [0.3, 0.4) is 0 Å². The molecule has 0 radical (unpaired) electrons. The summed E-state index contributed by atoms with van der Waals surface area (Å²) in [6.45, 7) is 2.25. The molecule has 2 nitrogen and oxygen atoms in total. The third-order valence-corrected chi connectivity index (χ3v) is 4.57. The van der Waals surface area contributed by atoms with Crippen molar-refractivity contribution in [2.75, 3.05) is 0 Å². The van der Waals surface area contributed by atoms with Crippen LogP contribution in [-0.2, 0) is 6.42 Å². The zero-order valence-corrected chi connectivity index (χ0v) is 11.7. The van der Waals surface area contributed by atoms with Crippen LogP contribution in [0.5, 0.6) is 0 Å². The maximum absolute atomic E-state index is 10.4.